The van der Waals surface area contributed by atoms with Gasteiger partial charge in [0.1, 0.15) is 11.6 Å². The molecular weight excluding hydrogens is 214 g/mol. The van der Waals surface area contributed by atoms with E-state index in [-0.39, 0.29) is 0 Å². The highest BCUT2D eigenvalue weighted by Crippen LogP contribution is 2.18. The average Bonchev–Trinajstić information content (AvgIpc) is 2.80. The van der Waals surface area contributed by atoms with Crippen LogP contribution in [0.25, 0.3) is 5.82 Å². The summed E-state index contributed by atoms with van der Waals surface area (Å²) in [7, 11) is 1.97. The van der Waals surface area contributed by atoms with Gasteiger partial charge in [-0.3, -0.25) is 9.25 Å². The number of nitrogens with zero attached hydrogens (tertiary/aromatic N) is 4. The topological polar surface area (TPSA) is 47.7 Å². The molecule has 0 atom stereocenters. The van der Waals surface area contributed by atoms with Gasteiger partial charge in [0.25, 0.3) is 0 Å². The van der Waals surface area contributed by atoms with Crippen molar-refractivity contribution in [1.29, 1.82) is 0 Å². The van der Waals surface area contributed by atoms with Gasteiger partial charge in [0.2, 0.25) is 0 Å². The maximum Gasteiger partial charge on any atom is 0.140 e. The zero-order valence-electron chi connectivity index (χ0n) is 10.9. The first-order chi connectivity index (χ1) is 8.15. The van der Waals surface area contributed by atoms with E-state index in [9.17, 15) is 0 Å². The molecule has 0 bridgehead atoms. The van der Waals surface area contributed by atoms with Crippen molar-refractivity contribution < 1.29 is 0 Å². The van der Waals surface area contributed by atoms with Crippen molar-refractivity contribution in [1.82, 2.24) is 24.6 Å². The summed E-state index contributed by atoms with van der Waals surface area (Å²) < 4.78 is 3.99. The van der Waals surface area contributed by atoms with Gasteiger partial charge in [0, 0.05) is 31.5 Å². The Labute approximate surface area is 101 Å². The van der Waals surface area contributed by atoms with Gasteiger partial charge in [-0.25, -0.2) is 4.98 Å². The van der Waals surface area contributed by atoms with Crippen LogP contribution >= 0.6 is 0 Å². The molecule has 2 aromatic rings. The van der Waals surface area contributed by atoms with Crippen LogP contribution in [0.2, 0.25) is 0 Å². The lowest BCUT2D eigenvalue weighted by atomic mass is 10.2. The summed E-state index contributed by atoms with van der Waals surface area (Å²) in [6.45, 7) is 7.94. The third-order valence-corrected chi connectivity index (χ3v) is 2.92. The molecule has 0 aliphatic rings. The third kappa shape index (κ3) is 2.10. The van der Waals surface area contributed by atoms with Crippen LogP contribution in [0.5, 0.6) is 0 Å². The Morgan fingerprint density at radius 1 is 1.35 bits per heavy atom. The van der Waals surface area contributed by atoms with Gasteiger partial charge in [-0.15, -0.1) is 0 Å². The maximum absolute atomic E-state index is 4.49. The van der Waals surface area contributed by atoms with Crippen molar-refractivity contribution in [2.24, 2.45) is 7.05 Å². The molecule has 0 saturated heterocycles. The van der Waals surface area contributed by atoms with E-state index in [0.717, 1.165) is 30.4 Å². The average molecular weight is 233 g/mol. The Morgan fingerprint density at radius 2 is 2.12 bits per heavy atom. The third-order valence-electron chi connectivity index (χ3n) is 2.92. The Kier molecular flexibility index (Phi) is 3.28. The highest BCUT2D eigenvalue weighted by molar-refractivity contribution is 5.39. The smallest absolute Gasteiger partial charge is 0.140 e. The molecule has 0 unspecified atom stereocenters. The molecule has 0 fully saturated rings. The minimum absolute atomic E-state index is 0.836. The number of rotatable bonds is 4. The van der Waals surface area contributed by atoms with Crippen LogP contribution in [-0.4, -0.2) is 25.9 Å². The minimum atomic E-state index is 0.836. The molecule has 92 valence electrons. The Hall–Kier alpha value is -1.62. The van der Waals surface area contributed by atoms with Gasteiger partial charge in [-0.1, -0.05) is 6.92 Å². The number of aryl methyl sites for hydroxylation is 3. The number of hydrogen-bond donors (Lipinski definition) is 1. The van der Waals surface area contributed by atoms with Crippen LogP contribution < -0.4 is 5.32 Å². The van der Waals surface area contributed by atoms with Gasteiger partial charge in [0.05, 0.1) is 5.69 Å². The minimum Gasteiger partial charge on any atom is -0.313 e. The van der Waals surface area contributed by atoms with Crippen LogP contribution in [0.3, 0.4) is 0 Å². The molecule has 17 heavy (non-hydrogen) atoms. The zero-order valence-corrected chi connectivity index (χ0v) is 10.9. The SMILES string of the molecule is CCNCc1c(C)nn(C)c1-n1ccnc1C. The molecule has 0 aliphatic carbocycles. The second-order valence-corrected chi connectivity index (χ2v) is 4.14. The molecule has 0 aliphatic heterocycles. The van der Waals surface area contributed by atoms with E-state index in [1.807, 2.05) is 38.0 Å². The van der Waals surface area contributed by atoms with Crippen molar-refractivity contribution in [3.05, 3.63) is 29.5 Å². The highest BCUT2D eigenvalue weighted by Gasteiger charge is 2.15. The second kappa shape index (κ2) is 4.71. The lowest BCUT2D eigenvalue weighted by Gasteiger charge is -2.09. The second-order valence-electron chi connectivity index (χ2n) is 4.14. The summed E-state index contributed by atoms with van der Waals surface area (Å²) >= 11 is 0. The van der Waals surface area contributed by atoms with Crippen molar-refractivity contribution in [2.45, 2.75) is 27.3 Å². The first kappa shape index (κ1) is 11.9. The molecule has 0 amide bonds. The van der Waals surface area contributed by atoms with Crippen molar-refractivity contribution >= 4 is 0 Å². The van der Waals surface area contributed by atoms with Crippen LogP contribution in [-0.2, 0) is 13.6 Å². The van der Waals surface area contributed by atoms with Crippen LogP contribution in [0.1, 0.15) is 24.0 Å². The number of nitrogens with one attached hydrogen (secondary N) is 1. The van der Waals surface area contributed by atoms with E-state index in [1.165, 1.54) is 5.56 Å². The van der Waals surface area contributed by atoms with Crippen LogP contribution in [0.4, 0.5) is 0 Å². The van der Waals surface area contributed by atoms with Crippen molar-refractivity contribution in [2.75, 3.05) is 6.54 Å². The molecule has 5 nitrogen and oxygen atoms in total. The van der Waals surface area contributed by atoms with Gasteiger partial charge < -0.3 is 5.32 Å². The monoisotopic (exact) mass is 233 g/mol. The van der Waals surface area contributed by atoms with E-state index < -0.39 is 0 Å². The molecule has 5 heteroatoms. The lowest BCUT2D eigenvalue weighted by Crippen LogP contribution is -2.15. The summed E-state index contributed by atoms with van der Waals surface area (Å²) in [5, 5.41) is 7.84. The molecule has 2 heterocycles. The number of aromatic nitrogens is 4. The van der Waals surface area contributed by atoms with E-state index >= 15 is 0 Å². The Bertz CT molecular complexity index is 509. The fraction of sp³-hybridized carbons (Fsp3) is 0.500. The maximum atomic E-state index is 4.49. The van der Waals surface area contributed by atoms with Gasteiger partial charge in [0.15, 0.2) is 0 Å². The molecule has 0 saturated carbocycles. The van der Waals surface area contributed by atoms with Gasteiger partial charge >= 0.3 is 0 Å². The Morgan fingerprint density at radius 3 is 2.71 bits per heavy atom. The predicted octanol–water partition coefficient (Wildman–Crippen LogP) is 1.33. The number of imidazole rings is 1. The van der Waals surface area contributed by atoms with E-state index in [4.69, 9.17) is 0 Å². The van der Waals surface area contributed by atoms with E-state index in [1.54, 1.807) is 0 Å². The zero-order chi connectivity index (χ0) is 12.4. The summed E-state index contributed by atoms with van der Waals surface area (Å²) in [5.74, 6) is 2.07. The largest absolute Gasteiger partial charge is 0.313 e. The first-order valence-corrected chi connectivity index (χ1v) is 5.88. The summed E-state index contributed by atoms with van der Waals surface area (Å²) in [4.78, 5) is 4.27. The van der Waals surface area contributed by atoms with Gasteiger partial charge in [-0.2, -0.15) is 5.10 Å². The molecule has 0 radical (unpaired) electrons. The van der Waals surface area contributed by atoms with Crippen molar-refractivity contribution in [3.8, 4) is 5.82 Å². The van der Waals surface area contributed by atoms with E-state index in [2.05, 4.69) is 26.9 Å². The molecule has 1 N–H and O–H groups in total. The molecule has 2 rings (SSSR count). The molecule has 0 aromatic carbocycles. The summed E-state index contributed by atoms with van der Waals surface area (Å²) in [6.07, 6.45) is 3.79. The van der Waals surface area contributed by atoms with E-state index in [0.29, 0.717) is 0 Å². The lowest BCUT2D eigenvalue weighted by molar-refractivity contribution is 0.699. The fourth-order valence-corrected chi connectivity index (χ4v) is 2.05. The quantitative estimate of drug-likeness (QED) is 0.866. The van der Waals surface area contributed by atoms with Crippen LogP contribution in [0.15, 0.2) is 12.4 Å². The first-order valence-electron chi connectivity index (χ1n) is 5.88. The van der Waals surface area contributed by atoms with Gasteiger partial charge in [-0.05, 0) is 20.4 Å². The standard InChI is InChI=1S/C12H19N5/c1-5-13-8-11-9(2)15-16(4)12(11)17-7-6-14-10(17)3/h6-7,13H,5,8H2,1-4H3. The number of hydrogen-bond acceptors (Lipinski definition) is 3. The molecule has 2 aromatic heterocycles. The summed E-state index contributed by atoms with van der Waals surface area (Å²) in [6, 6.07) is 0. The Balaban J connectivity index is 2.49. The fourth-order valence-electron chi connectivity index (χ4n) is 2.05. The van der Waals surface area contributed by atoms with Crippen molar-refractivity contribution in [3.63, 3.8) is 0 Å². The summed E-state index contributed by atoms with van der Waals surface area (Å²) in [5.41, 5.74) is 2.30. The normalized spacial score (nSPS) is 11.1. The molecular formula is C12H19N5. The predicted molar refractivity (Wildman–Crippen MR) is 67.2 cm³/mol. The highest BCUT2D eigenvalue weighted by atomic mass is 15.3. The molecule has 0 spiro atoms. The van der Waals surface area contributed by atoms with Crippen LogP contribution in [0, 0.1) is 13.8 Å².